The van der Waals surface area contributed by atoms with Gasteiger partial charge in [0, 0.05) is 0 Å². The lowest BCUT2D eigenvalue weighted by Crippen LogP contribution is -2.04. The number of rotatable bonds is 1. The normalized spacial score (nSPS) is 13.9. The molecule has 0 N–H and O–H groups in total. The molecular weight excluding hydrogens is 225 g/mol. The Labute approximate surface area is 100 Å². The lowest BCUT2D eigenvalue weighted by Gasteiger charge is -2.15. The molecule has 1 aromatic carbocycles. The summed E-state index contributed by atoms with van der Waals surface area (Å²) < 4.78 is 37.1. The summed E-state index contributed by atoms with van der Waals surface area (Å²) in [5.74, 6) is 0. The molecule has 0 aliphatic carbocycles. The van der Waals surface area contributed by atoms with Gasteiger partial charge in [-0.05, 0) is 35.6 Å². The predicted octanol–water partition coefficient (Wildman–Crippen LogP) is 5.15. The van der Waals surface area contributed by atoms with E-state index in [-0.39, 0.29) is 5.41 Å². The largest absolute Gasteiger partial charge is 0.416 e. The monoisotopic (exact) mass is 242 g/mol. The molecule has 0 fully saturated rings. The summed E-state index contributed by atoms with van der Waals surface area (Å²) in [6.07, 6.45) is -2.21. The zero-order valence-corrected chi connectivity index (χ0v) is 10.5. The van der Waals surface area contributed by atoms with Crippen molar-refractivity contribution in [3.8, 4) is 0 Å². The summed E-state index contributed by atoms with van der Waals surface area (Å²) >= 11 is 0. The third-order valence-electron chi connectivity index (χ3n) is 2.32. The van der Waals surface area contributed by atoms with E-state index in [4.69, 9.17) is 0 Å². The topological polar surface area (TPSA) is 0 Å². The molecule has 0 nitrogen and oxygen atoms in total. The van der Waals surface area contributed by atoms with Gasteiger partial charge in [0.25, 0.3) is 0 Å². The molecule has 0 amide bonds. The van der Waals surface area contributed by atoms with Gasteiger partial charge in [-0.2, -0.15) is 13.2 Å². The first kappa shape index (κ1) is 13.8. The Kier molecular flexibility index (Phi) is 3.70. The average Bonchev–Trinajstić information content (AvgIpc) is 2.14. The first-order valence-electron chi connectivity index (χ1n) is 5.47. The Hall–Kier alpha value is -1.25. The average molecular weight is 242 g/mol. The van der Waals surface area contributed by atoms with Crippen molar-refractivity contribution in [1.82, 2.24) is 0 Å². The maximum absolute atomic E-state index is 12.4. The van der Waals surface area contributed by atoms with Gasteiger partial charge >= 0.3 is 6.18 Å². The van der Waals surface area contributed by atoms with Crippen LogP contribution in [0.3, 0.4) is 0 Å². The number of hydrogen-bond acceptors (Lipinski definition) is 0. The first-order valence-corrected chi connectivity index (χ1v) is 5.47. The van der Waals surface area contributed by atoms with E-state index in [1.165, 1.54) is 12.1 Å². The molecule has 0 unspecified atom stereocenters. The van der Waals surface area contributed by atoms with Crippen molar-refractivity contribution >= 4 is 5.57 Å². The highest BCUT2D eigenvalue weighted by Gasteiger charge is 2.29. The fraction of sp³-hybridized carbons (Fsp3) is 0.429. The molecule has 0 aliphatic rings. The molecule has 3 heteroatoms. The minimum absolute atomic E-state index is 0.0206. The zero-order valence-electron chi connectivity index (χ0n) is 10.5. The van der Waals surface area contributed by atoms with Crippen LogP contribution >= 0.6 is 0 Å². The summed E-state index contributed by atoms with van der Waals surface area (Å²) in [7, 11) is 0. The van der Waals surface area contributed by atoms with Gasteiger partial charge in [-0.25, -0.2) is 0 Å². The van der Waals surface area contributed by atoms with Crippen molar-refractivity contribution in [1.29, 1.82) is 0 Å². The van der Waals surface area contributed by atoms with Crippen LogP contribution < -0.4 is 0 Å². The van der Waals surface area contributed by atoms with E-state index in [2.05, 4.69) is 26.8 Å². The van der Waals surface area contributed by atoms with Crippen LogP contribution in [0.4, 0.5) is 13.2 Å². The third kappa shape index (κ3) is 4.25. The van der Waals surface area contributed by atoms with Crippen LogP contribution in [0.5, 0.6) is 0 Å². The molecular formula is C14H17F3. The van der Waals surface area contributed by atoms with Gasteiger partial charge < -0.3 is 0 Å². The molecule has 0 atom stereocenters. The molecule has 0 spiro atoms. The van der Waals surface area contributed by atoms with Crippen molar-refractivity contribution in [2.75, 3.05) is 0 Å². The smallest absolute Gasteiger partial charge is 0.166 e. The molecule has 0 aromatic heterocycles. The van der Waals surface area contributed by atoms with E-state index in [1.54, 1.807) is 0 Å². The molecule has 0 bridgehead atoms. The lowest BCUT2D eigenvalue weighted by molar-refractivity contribution is -0.137. The van der Waals surface area contributed by atoms with E-state index in [0.29, 0.717) is 0 Å². The highest BCUT2D eigenvalue weighted by atomic mass is 19.4. The van der Waals surface area contributed by atoms with Gasteiger partial charge in [-0.3, -0.25) is 0 Å². The highest BCUT2D eigenvalue weighted by molar-refractivity contribution is 5.64. The van der Waals surface area contributed by atoms with Crippen molar-refractivity contribution < 1.29 is 13.2 Å². The SMILES string of the molecule is C/C(=C/C(C)(C)C)c1ccc(C(F)(F)F)cc1. The summed E-state index contributed by atoms with van der Waals surface area (Å²) in [6, 6.07) is 5.27. The van der Waals surface area contributed by atoms with Crippen molar-refractivity contribution in [3.63, 3.8) is 0 Å². The number of benzene rings is 1. The van der Waals surface area contributed by atoms with Crippen molar-refractivity contribution in [2.24, 2.45) is 5.41 Å². The first-order chi connectivity index (χ1) is 7.59. The van der Waals surface area contributed by atoms with Crippen molar-refractivity contribution in [3.05, 3.63) is 41.5 Å². The molecule has 94 valence electrons. The summed E-state index contributed by atoms with van der Waals surface area (Å²) in [4.78, 5) is 0. The molecule has 0 saturated heterocycles. The standard InChI is InChI=1S/C14H17F3/c1-10(9-13(2,3)4)11-5-7-12(8-6-11)14(15,16)17/h5-9H,1-4H3/b10-9-. The predicted molar refractivity (Wildman–Crippen MR) is 64.6 cm³/mol. The van der Waals surface area contributed by atoms with Gasteiger partial charge in [-0.15, -0.1) is 0 Å². The molecule has 0 heterocycles. The fourth-order valence-corrected chi connectivity index (χ4v) is 1.65. The zero-order chi connectivity index (χ0) is 13.3. The Morgan fingerprint density at radius 3 is 1.82 bits per heavy atom. The second kappa shape index (κ2) is 4.55. The molecule has 0 radical (unpaired) electrons. The molecule has 0 saturated carbocycles. The fourth-order valence-electron chi connectivity index (χ4n) is 1.65. The van der Waals surface area contributed by atoms with E-state index >= 15 is 0 Å². The Morgan fingerprint density at radius 2 is 1.47 bits per heavy atom. The third-order valence-corrected chi connectivity index (χ3v) is 2.32. The van der Waals surface area contributed by atoms with Crippen LogP contribution in [0.25, 0.3) is 5.57 Å². The van der Waals surface area contributed by atoms with Crippen LogP contribution in [0.1, 0.15) is 38.8 Å². The van der Waals surface area contributed by atoms with Crippen LogP contribution in [0, 0.1) is 5.41 Å². The maximum Gasteiger partial charge on any atom is 0.416 e. The van der Waals surface area contributed by atoms with Crippen molar-refractivity contribution in [2.45, 2.75) is 33.9 Å². The molecule has 17 heavy (non-hydrogen) atoms. The van der Waals surface area contributed by atoms with Gasteiger partial charge in [0.15, 0.2) is 0 Å². The number of halogens is 3. The molecule has 0 aliphatic heterocycles. The van der Waals surface area contributed by atoms with Crippen LogP contribution in [-0.4, -0.2) is 0 Å². The van der Waals surface area contributed by atoms with Gasteiger partial charge in [0.1, 0.15) is 0 Å². The number of alkyl halides is 3. The minimum Gasteiger partial charge on any atom is -0.166 e. The van der Waals surface area contributed by atoms with Gasteiger partial charge in [0.2, 0.25) is 0 Å². The Morgan fingerprint density at radius 1 is 1.00 bits per heavy atom. The van der Waals surface area contributed by atoms with Crippen LogP contribution in [0.15, 0.2) is 30.3 Å². The van der Waals surface area contributed by atoms with E-state index in [1.807, 2.05) is 6.92 Å². The van der Waals surface area contributed by atoms with E-state index < -0.39 is 11.7 Å². The Balaban J connectivity index is 3.00. The Bertz CT molecular complexity index is 403. The quantitative estimate of drug-likeness (QED) is 0.638. The second-order valence-corrected chi connectivity index (χ2v) is 5.27. The van der Waals surface area contributed by atoms with Crippen LogP contribution in [0.2, 0.25) is 0 Å². The summed E-state index contributed by atoms with van der Waals surface area (Å²) in [6.45, 7) is 8.08. The number of allylic oxidation sites excluding steroid dienone is 2. The second-order valence-electron chi connectivity index (χ2n) is 5.27. The van der Waals surface area contributed by atoms with Gasteiger partial charge in [0.05, 0.1) is 5.56 Å². The summed E-state index contributed by atoms with van der Waals surface area (Å²) in [5.41, 5.74) is 1.23. The molecule has 1 rings (SSSR count). The van der Waals surface area contributed by atoms with Crippen LogP contribution in [-0.2, 0) is 6.18 Å². The number of hydrogen-bond donors (Lipinski definition) is 0. The molecule has 1 aromatic rings. The maximum atomic E-state index is 12.4. The van der Waals surface area contributed by atoms with E-state index in [9.17, 15) is 13.2 Å². The summed E-state index contributed by atoms with van der Waals surface area (Å²) in [5, 5.41) is 0. The highest BCUT2D eigenvalue weighted by Crippen LogP contribution is 2.30. The minimum atomic E-state index is -4.26. The van der Waals surface area contributed by atoms with Gasteiger partial charge in [-0.1, -0.05) is 39.0 Å². The van der Waals surface area contributed by atoms with E-state index in [0.717, 1.165) is 23.3 Å². The lowest BCUT2D eigenvalue weighted by atomic mass is 9.91.